The Hall–Kier alpha value is -2.55. The fourth-order valence-corrected chi connectivity index (χ4v) is 2.82. The van der Waals surface area contributed by atoms with Crippen molar-refractivity contribution in [2.75, 3.05) is 14.2 Å². The van der Waals surface area contributed by atoms with E-state index in [0.717, 1.165) is 23.8 Å². The number of halogens is 1. The van der Waals surface area contributed by atoms with Crippen molar-refractivity contribution in [2.45, 2.75) is 19.6 Å². The second-order valence-corrected chi connectivity index (χ2v) is 6.10. The van der Waals surface area contributed by atoms with E-state index < -0.39 is 0 Å². The van der Waals surface area contributed by atoms with E-state index in [1.54, 1.807) is 20.4 Å². The summed E-state index contributed by atoms with van der Waals surface area (Å²) in [5, 5.41) is 11.0. The summed E-state index contributed by atoms with van der Waals surface area (Å²) in [6.07, 6.45) is 3.77. The molecule has 1 aromatic heterocycles. The molecule has 6 nitrogen and oxygen atoms in total. The van der Waals surface area contributed by atoms with Crippen LogP contribution in [0.15, 0.2) is 72.0 Å². The maximum absolute atomic E-state index is 5.27. The normalized spacial score (nSPS) is 10.9. The Kier molecular flexibility index (Phi) is 8.80. The molecule has 0 fully saturated rings. The summed E-state index contributed by atoms with van der Waals surface area (Å²) < 4.78 is 7.19. The minimum Gasteiger partial charge on any atom is -0.497 e. The third kappa shape index (κ3) is 6.26. The second-order valence-electron chi connectivity index (χ2n) is 6.10. The largest absolute Gasteiger partial charge is 0.497 e. The fourth-order valence-electron chi connectivity index (χ4n) is 2.82. The van der Waals surface area contributed by atoms with Gasteiger partial charge >= 0.3 is 0 Å². The Labute approximate surface area is 183 Å². The van der Waals surface area contributed by atoms with Crippen LogP contribution < -0.4 is 15.4 Å². The summed E-state index contributed by atoms with van der Waals surface area (Å²) in [7, 11) is 3.45. The molecule has 3 rings (SSSR count). The van der Waals surface area contributed by atoms with Crippen molar-refractivity contribution < 1.29 is 4.74 Å². The number of hydrogen-bond donors (Lipinski definition) is 2. The molecule has 28 heavy (non-hydrogen) atoms. The van der Waals surface area contributed by atoms with E-state index in [2.05, 4.69) is 51.1 Å². The quantitative estimate of drug-likeness (QED) is 0.302. The molecule has 0 atom stereocenters. The number of guanidine groups is 1. The molecule has 1 heterocycles. The van der Waals surface area contributed by atoms with E-state index >= 15 is 0 Å². The lowest BCUT2D eigenvalue weighted by molar-refractivity contribution is 0.414. The Balaban J connectivity index is 0.00000280. The van der Waals surface area contributed by atoms with Crippen molar-refractivity contribution >= 4 is 29.9 Å². The van der Waals surface area contributed by atoms with Gasteiger partial charge in [0.05, 0.1) is 13.7 Å². The average molecular weight is 491 g/mol. The number of ether oxygens (including phenoxy) is 1. The zero-order valence-corrected chi connectivity index (χ0v) is 18.5. The van der Waals surface area contributed by atoms with Crippen molar-refractivity contribution in [3.8, 4) is 5.75 Å². The van der Waals surface area contributed by atoms with Crippen LogP contribution in [0.2, 0.25) is 0 Å². The molecule has 0 unspecified atom stereocenters. The molecule has 0 aliphatic rings. The van der Waals surface area contributed by atoms with E-state index in [1.807, 2.05) is 35.1 Å². The van der Waals surface area contributed by atoms with Gasteiger partial charge in [-0.2, -0.15) is 5.10 Å². The van der Waals surface area contributed by atoms with E-state index in [9.17, 15) is 0 Å². The zero-order valence-electron chi connectivity index (χ0n) is 16.1. The van der Waals surface area contributed by atoms with Crippen molar-refractivity contribution in [1.82, 2.24) is 20.4 Å². The summed E-state index contributed by atoms with van der Waals surface area (Å²) in [5.41, 5.74) is 3.59. The van der Waals surface area contributed by atoms with Crippen molar-refractivity contribution in [3.05, 3.63) is 83.7 Å². The highest BCUT2D eigenvalue weighted by molar-refractivity contribution is 14.0. The van der Waals surface area contributed by atoms with Gasteiger partial charge in [0.25, 0.3) is 0 Å². The predicted molar refractivity (Wildman–Crippen MR) is 123 cm³/mol. The van der Waals surface area contributed by atoms with Gasteiger partial charge in [-0.05, 0) is 34.9 Å². The lowest BCUT2D eigenvalue weighted by Crippen LogP contribution is -2.36. The number of methoxy groups -OCH3 is 1. The first-order valence-corrected chi connectivity index (χ1v) is 8.90. The number of aromatic nitrogens is 2. The molecular weight excluding hydrogens is 465 g/mol. The summed E-state index contributed by atoms with van der Waals surface area (Å²) >= 11 is 0. The third-order valence-corrected chi connectivity index (χ3v) is 4.27. The van der Waals surface area contributed by atoms with E-state index in [-0.39, 0.29) is 24.0 Å². The summed E-state index contributed by atoms with van der Waals surface area (Å²) in [5.74, 6) is 1.61. The topological polar surface area (TPSA) is 63.5 Å². The summed E-state index contributed by atoms with van der Waals surface area (Å²) in [6.45, 7) is 2.11. The number of nitrogens with zero attached hydrogens (tertiary/aromatic N) is 3. The van der Waals surface area contributed by atoms with E-state index in [4.69, 9.17) is 4.74 Å². The third-order valence-electron chi connectivity index (χ3n) is 4.27. The number of rotatable bonds is 7. The van der Waals surface area contributed by atoms with Crippen molar-refractivity contribution in [1.29, 1.82) is 0 Å². The molecule has 3 aromatic rings. The van der Waals surface area contributed by atoms with E-state index in [0.29, 0.717) is 13.1 Å². The molecule has 0 saturated heterocycles. The Morgan fingerprint density at radius 1 is 1.04 bits per heavy atom. The van der Waals surface area contributed by atoms with Gasteiger partial charge in [0.15, 0.2) is 5.96 Å². The molecule has 2 aromatic carbocycles. The van der Waals surface area contributed by atoms with Crippen LogP contribution in [-0.2, 0) is 19.6 Å². The molecule has 0 radical (unpaired) electrons. The second kappa shape index (κ2) is 11.3. The zero-order chi connectivity index (χ0) is 18.9. The smallest absolute Gasteiger partial charge is 0.191 e. The van der Waals surface area contributed by atoms with Crippen LogP contribution in [0.1, 0.15) is 16.7 Å². The number of nitrogens with one attached hydrogen (secondary N) is 2. The van der Waals surface area contributed by atoms with Gasteiger partial charge in [-0.15, -0.1) is 24.0 Å². The SMILES string of the molecule is CN=C(NCc1cccc(OC)c1)NCc1ccccc1Cn1cccn1.I. The van der Waals surface area contributed by atoms with Crippen LogP contribution >= 0.6 is 24.0 Å². The molecule has 148 valence electrons. The number of benzene rings is 2. The number of aliphatic imine (C=N–C) groups is 1. The van der Waals surface area contributed by atoms with Gasteiger partial charge < -0.3 is 15.4 Å². The van der Waals surface area contributed by atoms with Gasteiger partial charge in [0.2, 0.25) is 0 Å². The fraction of sp³-hybridized carbons (Fsp3) is 0.238. The Bertz CT molecular complexity index is 880. The molecule has 0 spiro atoms. The van der Waals surface area contributed by atoms with E-state index in [1.165, 1.54) is 11.1 Å². The average Bonchev–Trinajstić information content (AvgIpc) is 3.22. The van der Waals surface area contributed by atoms with Gasteiger partial charge in [0, 0.05) is 32.5 Å². The Morgan fingerprint density at radius 2 is 1.82 bits per heavy atom. The monoisotopic (exact) mass is 491 g/mol. The van der Waals surface area contributed by atoms with Crippen LogP contribution in [0.25, 0.3) is 0 Å². The summed E-state index contributed by atoms with van der Waals surface area (Å²) in [6, 6.07) is 18.3. The van der Waals surface area contributed by atoms with Crippen LogP contribution in [0.4, 0.5) is 0 Å². The van der Waals surface area contributed by atoms with Crippen LogP contribution in [0.3, 0.4) is 0 Å². The lowest BCUT2D eigenvalue weighted by Gasteiger charge is -2.15. The van der Waals surface area contributed by atoms with Crippen molar-refractivity contribution in [2.24, 2.45) is 4.99 Å². The molecule has 0 aliphatic carbocycles. The first-order valence-electron chi connectivity index (χ1n) is 8.90. The highest BCUT2D eigenvalue weighted by atomic mass is 127. The maximum atomic E-state index is 5.27. The van der Waals surface area contributed by atoms with Gasteiger partial charge in [-0.25, -0.2) is 0 Å². The van der Waals surface area contributed by atoms with Crippen LogP contribution in [0.5, 0.6) is 5.75 Å². The van der Waals surface area contributed by atoms with Crippen LogP contribution in [-0.4, -0.2) is 29.9 Å². The van der Waals surface area contributed by atoms with Crippen molar-refractivity contribution in [3.63, 3.8) is 0 Å². The molecule has 0 bridgehead atoms. The minimum atomic E-state index is 0. The highest BCUT2D eigenvalue weighted by Crippen LogP contribution is 2.12. The van der Waals surface area contributed by atoms with Gasteiger partial charge in [-0.1, -0.05) is 36.4 Å². The molecule has 2 N–H and O–H groups in total. The highest BCUT2D eigenvalue weighted by Gasteiger charge is 2.05. The standard InChI is InChI=1S/C21H25N5O.HI/c1-22-21(23-14-17-7-5-10-20(13-17)27-2)24-15-18-8-3-4-9-19(18)16-26-12-6-11-25-26;/h3-13H,14-16H2,1-2H3,(H2,22,23,24);1H. The molecular formula is C21H26IN5O. The Morgan fingerprint density at radius 3 is 2.54 bits per heavy atom. The minimum absolute atomic E-state index is 0. The molecule has 0 saturated carbocycles. The molecule has 0 amide bonds. The van der Waals surface area contributed by atoms with Gasteiger partial charge in [-0.3, -0.25) is 9.67 Å². The van der Waals surface area contributed by atoms with Crippen LogP contribution in [0, 0.1) is 0 Å². The first-order chi connectivity index (χ1) is 13.3. The molecule has 7 heteroatoms. The predicted octanol–water partition coefficient (Wildman–Crippen LogP) is 3.42. The molecule has 0 aliphatic heterocycles. The number of hydrogen-bond acceptors (Lipinski definition) is 3. The van der Waals surface area contributed by atoms with Gasteiger partial charge in [0.1, 0.15) is 5.75 Å². The first kappa shape index (κ1) is 21.7. The lowest BCUT2D eigenvalue weighted by atomic mass is 10.1. The summed E-state index contributed by atoms with van der Waals surface area (Å²) in [4.78, 5) is 4.31. The maximum Gasteiger partial charge on any atom is 0.191 e.